The molecule has 3 aromatic rings. The molecule has 1 aliphatic heterocycles. The predicted molar refractivity (Wildman–Crippen MR) is 125 cm³/mol. The summed E-state index contributed by atoms with van der Waals surface area (Å²) in [5.74, 6) is -0.717. The molecule has 4 rings (SSSR count). The van der Waals surface area contributed by atoms with E-state index in [0.29, 0.717) is 35.1 Å². The normalized spacial score (nSPS) is 17.0. The zero-order valence-electron chi connectivity index (χ0n) is 16.9. The van der Waals surface area contributed by atoms with Crippen molar-refractivity contribution < 1.29 is 14.1 Å². The van der Waals surface area contributed by atoms with Gasteiger partial charge >= 0.3 is 5.97 Å². The fraction of sp³-hybridized carbons (Fsp3) is 0.300. The van der Waals surface area contributed by atoms with Gasteiger partial charge in [-0.1, -0.05) is 23.2 Å². The van der Waals surface area contributed by atoms with Gasteiger partial charge < -0.3 is 15.3 Å². The molecular weight excluding hydrogens is 477 g/mol. The van der Waals surface area contributed by atoms with Crippen molar-refractivity contribution in [2.45, 2.75) is 18.2 Å². The first-order valence-corrected chi connectivity index (χ1v) is 12.0. The van der Waals surface area contributed by atoms with Gasteiger partial charge in [-0.2, -0.15) is 0 Å². The maximum Gasteiger partial charge on any atom is 0.356 e. The van der Waals surface area contributed by atoms with E-state index in [2.05, 4.69) is 15.3 Å². The molecule has 0 bridgehead atoms. The first-order valence-electron chi connectivity index (χ1n) is 9.65. The smallest absolute Gasteiger partial charge is 0.356 e. The molecule has 168 valence electrons. The molecule has 0 saturated carbocycles. The Morgan fingerprint density at radius 2 is 2.09 bits per heavy atom. The highest BCUT2D eigenvalue weighted by Gasteiger charge is 2.27. The van der Waals surface area contributed by atoms with Gasteiger partial charge in [-0.3, -0.25) is 13.4 Å². The molecule has 3 aromatic heterocycles. The largest absolute Gasteiger partial charge is 0.476 e. The first-order chi connectivity index (χ1) is 15.2. The number of fused-ring (bicyclic) bond motifs is 1. The summed E-state index contributed by atoms with van der Waals surface area (Å²) >= 11 is 12.0. The summed E-state index contributed by atoms with van der Waals surface area (Å²) in [5, 5.41) is 12.8. The van der Waals surface area contributed by atoms with Crippen LogP contribution in [0.15, 0.2) is 35.3 Å². The van der Waals surface area contributed by atoms with Gasteiger partial charge in [-0.25, -0.2) is 14.8 Å². The Morgan fingerprint density at radius 3 is 2.78 bits per heavy atom. The topological polar surface area (TPSA) is 117 Å². The van der Waals surface area contributed by atoms with Gasteiger partial charge in [-0.15, -0.1) is 0 Å². The molecule has 2 unspecified atom stereocenters. The number of halogens is 2. The molecule has 0 spiro atoms. The fourth-order valence-electron chi connectivity index (χ4n) is 3.65. The van der Waals surface area contributed by atoms with Gasteiger partial charge in [0.1, 0.15) is 16.6 Å². The Morgan fingerprint density at radius 1 is 1.31 bits per heavy atom. The van der Waals surface area contributed by atoms with Gasteiger partial charge in [0.2, 0.25) is 0 Å². The Bertz CT molecular complexity index is 1300. The molecule has 1 fully saturated rings. The average Bonchev–Trinajstić information content (AvgIpc) is 3.23. The van der Waals surface area contributed by atoms with Crippen molar-refractivity contribution in [2.75, 3.05) is 29.6 Å². The van der Waals surface area contributed by atoms with E-state index < -0.39 is 16.8 Å². The monoisotopic (exact) mass is 495 g/mol. The van der Waals surface area contributed by atoms with E-state index in [0.717, 1.165) is 6.42 Å². The third-order valence-electron chi connectivity index (χ3n) is 5.26. The maximum atomic E-state index is 12.8. The molecule has 0 radical (unpaired) electrons. The molecule has 2 atom stereocenters. The van der Waals surface area contributed by atoms with Crippen molar-refractivity contribution in [1.82, 2.24) is 14.4 Å². The summed E-state index contributed by atoms with van der Waals surface area (Å²) in [6, 6.07) is 6.10. The molecule has 32 heavy (non-hydrogen) atoms. The molecule has 0 amide bonds. The van der Waals surface area contributed by atoms with Crippen molar-refractivity contribution in [3.63, 3.8) is 0 Å². The van der Waals surface area contributed by atoms with Crippen molar-refractivity contribution in [3.8, 4) is 0 Å². The summed E-state index contributed by atoms with van der Waals surface area (Å²) < 4.78 is 13.2. The number of carbonyl (C=O) groups is 1. The molecule has 1 aliphatic rings. The van der Waals surface area contributed by atoms with Gasteiger partial charge in [0.25, 0.3) is 5.56 Å². The first kappa shape index (κ1) is 22.5. The number of nitrogens with zero attached hydrogens (tertiary/aromatic N) is 4. The summed E-state index contributed by atoms with van der Waals surface area (Å²) in [5.41, 5.74) is 0.743. The van der Waals surface area contributed by atoms with E-state index in [9.17, 15) is 18.9 Å². The van der Waals surface area contributed by atoms with Gasteiger partial charge in [-0.05, 0) is 24.6 Å². The number of anilines is 2. The Balaban J connectivity index is 1.70. The quantitative estimate of drug-likeness (QED) is 0.501. The van der Waals surface area contributed by atoms with Crippen LogP contribution in [0.3, 0.4) is 0 Å². The van der Waals surface area contributed by atoms with Gasteiger partial charge in [0, 0.05) is 54.5 Å². The molecule has 9 nitrogen and oxygen atoms in total. The molecule has 1 saturated heterocycles. The Kier molecular flexibility index (Phi) is 6.36. The van der Waals surface area contributed by atoms with Crippen molar-refractivity contribution in [2.24, 2.45) is 0 Å². The van der Waals surface area contributed by atoms with Crippen LogP contribution in [0.1, 0.15) is 22.5 Å². The lowest BCUT2D eigenvalue weighted by Gasteiger charge is -2.18. The molecule has 12 heteroatoms. The van der Waals surface area contributed by atoms with Crippen LogP contribution < -0.4 is 15.8 Å². The van der Waals surface area contributed by atoms with Gasteiger partial charge in [0.05, 0.1) is 16.0 Å². The van der Waals surface area contributed by atoms with Gasteiger partial charge in [0.15, 0.2) is 5.69 Å². The fourth-order valence-corrected chi connectivity index (χ4v) is 4.86. The van der Waals surface area contributed by atoms with E-state index >= 15 is 0 Å². The van der Waals surface area contributed by atoms with Crippen LogP contribution in [0.4, 0.5) is 11.5 Å². The van der Waals surface area contributed by atoms with Crippen LogP contribution in [0.25, 0.3) is 5.65 Å². The van der Waals surface area contributed by atoms with Crippen molar-refractivity contribution in [1.29, 1.82) is 0 Å². The third kappa shape index (κ3) is 4.57. The number of hydrogen-bond donors (Lipinski definition) is 2. The lowest BCUT2D eigenvalue weighted by molar-refractivity contribution is 0.0691. The SMILES string of the molecule is CS(=O)C1CCN(c2cc(=O)n3cc(Cl)cc(CNc4ccc(Cl)nc4C(=O)O)c3n2)C1. The van der Waals surface area contributed by atoms with Crippen LogP contribution in [0.5, 0.6) is 0 Å². The zero-order valence-corrected chi connectivity index (χ0v) is 19.2. The molecule has 4 heterocycles. The molecule has 2 N–H and O–H groups in total. The lowest BCUT2D eigenvalue weighted by atomic mass is 10.2. The van der Waals surface area contributed by atoms with Crippen LogP contribution in [0.2, 0.25) is 10.2 Å². The average molecular weight is 496 g/mol. The minimum Gasteiger partial charge on any atom is -0.476 e. The van der Waals surface area contributed by atoms with E-state index in [1.165, 1.54) is 28.8 Å². The second-order valence-electron chi connectivity index (χ2n) is 7.37. The number of carboxylic acids is 1. The van der Waals surface area contributed by atoms with Crippen LogP contribution in [-0.2, 0) is 17.3 Å². The summed E-state index contributed by atoms with van der Waals surface area (Å²) in [6.07, 6.45) is 3.93. The standard InChI is InChI=1S/C20H19Cl2N5O4S/c1-32(31)13-4-5-26(10-13)16-7-17(28)27-9-12(21)6-11(19(27)25-16)8-23-14-2-3-15(22)24-18(14)20(29)30/h2-3,6-7,9,13,23H,4-5,8,10H2,1H3,(H,29,30). The summed E-state index contributed by atoms with van der Waals surface area (Å²) in [6.45, 7) is 1.36. The number of rotatable bonds is 6. The maximum absolute atomic E-state index is 12.8. The Labute approximate surface area is 195 Å². The lowest BCUT2D eigenvalue weighted by Crippen LogP contribution is -2.27. The number of nitrogens with one attached hydrogen (secondary N) is 1. The van der Waals surface area contributed by atoms with E-state index in [4.69, 9.17) is 23.2 Å². The van der Waals surface area contributed by atoms with E-state index in [-0.39, 0.29) is 33.9 Å². The highest BCUT2D eigenvalue weighted by molar-refractivity contribution is 7.84. The van der Waals surface area contributed by atoms with Crippen molar-refractivity contribution >= 4 is 57.1 Å². The number of aromatic nitrogens is 3. The van der Waals surface area contributed by atoms with Crippen molar-refractivity contribution in [3.05, 3.63) is 62.2 Å². The number of carboxylic acid groups (broad SMARTS) is 1. The summed E-state index contributed by atoms with van der Waals surface area (Å²) in [7, 11) is -0.951. The molecule has 0 aliphatic carbocycles. The van der Waals surface area contributed by atoms with E-state index in [1.54, 1.807) is 12.3 Å². The Hall–Kier alpha value is -2.69. The minimum atomic E-state index is -1.22. The predicted octanol–water partition coefficient (Wildman–Crippen LogP) is 2.66. The number of hydrogen-bond acceptors (Lipinski definition) is 7. The number of aromatic carboxylic acids is 1. The minimum absolute atomic E-state index is 0.0356. The van der Waals surface area contributed by atoms with Crippen LogP contribution in [0, 0.1) is 0 Å². The molecule has 0 aromatic carbocycles. The highest BCUT2D eigenvalue weighted by atomic mass is 35.5. The summed E-state index contributed by atoms with van der Waals surface area (Å²) in [4.78, 5) is 34.7. The van der Waals surface area contributed by atoms with E-state index in [1.807, 2.05) is 4.90 Å². The zero-order chi connectivity index (χ0) is 23.0. The second-order valence-corrected chi connectivity index (χ2v) is 9.86. The highest BCUT2D eigenvalue weighted by Crippen LogP contribution is 2.24. The third-order valence-corrected chi connectivity index (χ3v) is 7.00. The number of pyridine rings is 2. The second kappa shape index (κ2) is 9.05. The van der Waals surface area contributed by atoms with Crippen LogP contribution in [-0.4, -0.2) is 54.2 Å². The molecular formula is C20H19Cl2N5O4S. The van der Waals surface area contributed by atoms with Crippen LogP contribution >= 0.6 is 23.2 Å².